The van der Waals surface area contributed by atoms with Crippen LogP contribution in [0.3, 0.4) is 0 Å². The molecule has 0 radical (unpaired) electrons. The Balaban J connectivity index is 1.85. The van der Waals surface area contributed by atoms with Crippen molar-refractivity contribution in [3.63, 3.8) is 0 Å². The number of nitrogens with zero attached hydrogens (tertiary/aromatic N) is 1. The van der Waals surface area contributed by atoms with Crippen molar-refractivity contribution in [2.45, 2.75) is 58.0 Å². The van der Waals surface area contributed by atoms with Gasteiger partial charge in [-0.15, -0.1) is 11.8 Å². The Hall–Kier alpha value is -3.12. The van der Waals surface area contributed by atoms with Crippen LogP contribution in [0.1, 0.15) is 42.5 Å². The molecule has 0 saturated carbocycles. The third-order valence-corrected chi connectivity index (χ3v) is 7.10. The Bertz CT molecular complexity index is 1120. The van der Waals surface area contributed by atoms with Crippen molar-refractivity contribution in [2.75, 3.05) is 5.75 Å². The smallest absolute Gasteiger partial charge is 0.243 e. The fraction of sp³-hybridized carbons (Fsp3) is 0.333. The van der Waals surface area contributed by atoms with E-state index in [9.17, 15) is 14.0 Å². The number of nitrogens with one attached hydrogen (secondary N) is 1. The van der Waals surface area contributed by atoms with Crippen molar-refractivity contribution in [1.29, 1.82) is 0 Å². The fourth-order valence-corrected chi connectivity index (χ4v) is 4.79. The van der Waals surface area contributed by atoms with Crippen molar-refractivity contribution in [2.24, 2.45) is 0 Å². The van der Waals surface area contributed by atoms with Gasteiger partial charge < -0.3 is 10.2 Å². The fourth-order valence-electron chi connectivity index (χ4n) is 3.92. The summed E-state index contributed by atoms with van der Waals surface area (Å²) in [5.74, 6) is 0.305. The van der Waals surface area contributed by atoms with Crippen molar-refractivity contribution < 1.29 is 14.0 Å². The van der Waals surface area contributed by atoms with E-state index in [2.05, 4.69) is 11.4 Å². The van der Waals surface area contributed by atoms with Crippen LogP contribution in [0.25, 0.3) is 0 Å². The van der Waals surface area contributed by atoms with E-state index in [1.54, 1.807) is 17.0 Å². The first-order valence-corrected chi connectivity index (χ1v) is 13.5. The summed E-state index contributed by atoms with van der Waals surface area (Å²) in [4.78, 5) is 28.9. The standard InChI is InChI=1S/C30H35FN2O2S/c1-4-23(3)32-30(35)28(18-24-10-6-5-7-11-24)33(19-26-12-8-9-22(2)17-26)29(34)21-36-20-25-13-15-27(31)16-14-25/h5-17,23,28H,4,18-21H2,1-3H3,(H,32,35). The van der Waals surface area contributed by atoms with Gasteiger partial charge in [0.05, 0.1) is 5.75 Å². The molecule has 0 aromatic heterocycles. The van der Waals surface area contributed by atoms with Crippen LogP contribution in [-0.2, 0) is 28.3 Å². The average Bonchev–Trinajstić information content (AvgIpc) is 2.87. The maximum absolute atomic E-state index is 13.6. The first kappa shape index (κ1) is 27.5. The average molecular weight is 507 g/mol. The number of halogens is 1. The van der Waals surface area contributed by atoms with Gasteiger partial charge >= 0.3 is 0 Å². The van der Waals surface area contributed by atoms with Crippen LogP contribution in [0.2, 0.25) is 0 Å². The van der Waals surface area contributed by atoms with Crippen LogP contribution in [0.4, 0.5) is 4.39 Å². The van der Waals surface area contributed by atoms with E-state index in [4.69, 9.17) is 0 Å². The molecular weight excluding hydrogens is 471 g/mol. The molecule has 1 N–H and O–H groups in total. The SMILES string of the molecule is CCC(C)NC(=O)C(Cc1ccccc1)N(Cc1cccc(C)c1)C(=O)CSCc1ccc(F)cc1. The predicted octanol–water partition coefficient (Wildman–Crippen LogP) is 5.92. The number of thioether (sulfide) groups is 1. The van der Waals surface area contributed by atoms with Gasteiger partial charge in [-0.25, -0.2) is 4.39 Å². The summed E-state index contributed by atoms with van der Waals surface area (Å²) in [5.41, 5.74) is 4.05. The number of hydrogen-bond donors (Lipinski definition) is 1. The van der Waals surface area contributed by atoms with Crippen LogP contribution >= 0.6 is 11.8 Å². The molecule has 0 bridgehead atoms. The van der Waals surface area contributed by atoms with Crippen LogP contribution in [0.5, 0.6) is 0 Å². The van der Waals surface area contributed by atoms with E-state index in [-0.39, 0.29) is 29.4 Å². The minimum absolute atomic E-state index is 0.0135. The molecule has 0 heterocycles. The monoisotopic (exact) mass is 506 g/mol. The molecule has 4 nitrogen and oxygen atoms in total. The lowest BCUT2D eigenvalue weighted by molar-refractivity contribution is -0.139. The minimum Gasteiger partial charge on any atom is -0.352 e. The van der Waals surface area contributed by atoms with Gasteiger partial charge in [0.1, 0.15) is 11.9 Å². The van der Waals surface area contributed by atoms with Gasteiger partial charge in [0.15, 0.2) is 0 Å². The van der Waals surface area contributed by atoms with Crippen molar-refractivity contribution in [3.05, 3.63) is 107 Å². The topological polar surface area (TPSA) is 49.4 Å². The molecule has 0 saturated heterocycles. The summed E-state index contributed by atoms with van der Waals surface area (Å²) < 4.78 is 13.2. The second-order valence-corrected chi connectivity index (χ2v) is 10.1. The highest BCUT2D eigenvalue weighted by Crippen LogP contribution is 2.19. The summed E-state index contributed by atoms with van der Waals surface area (Å²) in [6.45, 7) is 6.37. The summed E-state index contributed by atoms with van der Waals surface area (Å²) in [5, 5.41) is 3.09. The van der Waals surface area contributed by atoms with E-state index in [1.165, 1.54) is 23.9 Å². The molecule has 36 heavy (non-hydrogen) atoms. The Morgan fingerprint density at radius 1 is 0.944 bits per heavy atom. The molecule has 2 unspecified atom stereocenters. The van der Waals surface area contributed by atoms with Crippen LogP contribution in [0.15, 0.2) is 78.9 Å². The highest BCUT2D eigenvalue weighted by Gasteiger charge is 2.30. The summed E-state index contributed by atoms with van der Waals surface area (Å²) >= 11 is 1.47. The Labute approximate surface area is 218 Å². The zero-order valence-electron chi connectivity index (χ0n) is 21.2. The molecule has 0 fully saturated rings. The predicted molar refractivity (Wildman–Crippen MR) is 146 cm³/mol. The van der Waals surface area contributed by atoms with Gasteiger partial charge in [0.2, 0.25) is 11.8 Å². The molecule has 2 atom stereocenters. The van der Waals surface area contributed by atoms with Crippen molar-refractivity contribution in [3.8, 4) is 0 Å². The zero-order chi connectivity index (χ0) is 25.9. The van der Waals surface area contributed by atoms with Gasteiger partial charge in [-0.1, -0.05) is 79.2 Å². The lowest BCUT2D eigenvalue weighted by Gasteiger charge is -2.32. The molecule has 0 aliphatic carbocycles. The summed E-state index contributed by atoms with van der Waals surface area (Å²) in [6, 6.07) is 23.5. The largest absolute Gasteiger partial charge is 0.352 e. The molecule has 3 rings (SSSR count). The zero-order valence-corrected chi connectivity index (χ0v) is 22.1. The Morgan fingerprint density at radius 2 is 1.64 bits per heavy atom. The molecule has 0 aliphatic heterocycles. The minimum atomic E-state index is -0.638. The normalized spacial score (nSPS) is 12.6. The second kappa shape index (κ2) is 13.8. The van der Waals surface area contributed by atoms with Gasteiger partial charge in [-0.2, -0.15) is 0 Å². The lowest BCUT2D eigenvalue weighted by Crippen LogP contribution is -2.52. The van der Waals surface area contributed by atoms with Crippen LogP contribution < -0.4 is 5.32 Å². The van der Waals surface area contributed by atoms with Crippen LogP contribution in [0, 0.1) is 12.7 Å². The number of amides is 2. The highest BCUT2D eigenvalue weighted by molar-refractivity contribution is 7.99. The quantitative estimate of drug-likeness (QED) is 0.332. The van der Waals surface area contributed by atoms with Crippen LogP contribution in [-0.4, -0.2) is 34.6 Å². The van der Waals surface area contributed by atoms with E-state index >= 15 is 0 Å². The highest BCUT2D eigenvalue weighted by atomic mass is 32.2. The second-order valence-electron chi connectivity index (χ2n) is 9.15. The van der Waals surface area contributed by atoms with E-state index in [0.717, 1.165) is 28.7 Å². The molecule has 3 aromatic rings. The number of hydrogen-bond acceptors (Lipinski definition) is 3. The van der Waals surface area contributed by atoms with Gasteiger partial charge in [0.25, 0.3) is 0 Å². The van der Waals surface area contributed by atoms with E-state index in [0.29, 0.717) is 18.7 Å². The Morgan fingerprint density at radius 3 is 2.31 bits per heavy atom. The number of rotatable bonds is 12. The summed E-state index contributed by atoms with van der Waals surface area (Å²) in [6.07, 6.45) is 1.24. The third kappa shape index (κ3) is 8.52. The molecule has 0 spiro atoms. The van der Waals surface area contributed by atoms with Gasteiger partial charge in [-0.3, -0.25) is 9.59 Å². The number of benzene rings is 3. The van der Waals surface area contributed by atoms with Crippen molar-refractivity contribution >= 4 is 23.6 Å². The lowest BCUT2D eigenvalue weighted by atomic mass is 10.0. The summed E-state index contributed by atoms with van der Waals surface area (Å²) in [7, 11) is 0. The van der Waals surface area contributed by atoms with E-state index < -0.39 is 6.04 Å². The van der Waals surface area contributed by atoms with Gasteiger partial charge in [-0.05, 0) is 49.1 Å². The maximum Gasteiger partial charge on any atom is 0.243 e. The maximum atomic E-state index is 13.6. The first-order valence-electron chi connectivity index (χ1n) is 12.4. The molecule has 3 aromatic carbocycles. The Kier molecular flexibility index (Phi) is 10.6. The molecule has 2 amide bonds. The first-order chi connectivity index (χ1) is 17.4. The molecule has 190 valence electrons. The number of aryl methyl sites for hydroxylation is 1. The van der Waals surface area contributed by atoms with E-state index in [1.807, 2.05) is 69.3 Å². The van der Waals surface area contributed by atoms with Gasteiger partial charge in [0, 0.05) is 24.8 Å². The number of carbonyl (C=O) groups excluding carboxylic acids is 2. The molecular formula is C30H35FN2O2S. The molecule has 6 heteroatoms. The number of carbonyl (C=O) groups is 2. The van der Waals surface area contributed by atoms with Crippen molar-refractivity contribution in [1.82, 2.24) is 10.2 Å². The molecule has 0 aliphatic rings. The third-order valence-electron chi connectivity index (χ3n) is 6.12.